The van der Waals surface area contributed by atoms with Gasteiger partial charge in [-0.2, -0.15) is 0 Å². The van der Waals surface area contributed by atoms with Gasteiger partial charge in [-0.25, -0.2) is 0 Å². The summed E-state index contributed by atoms with van der Waals surface area (Å²) in [4.78, 5) is 13.0. The standard InChI is InChI=1S/C12H23NO3/c1-15-7-3-8-16-9-6-13-5-2-4-12(10-13)11-14/h11-12H,2-10H2,1H3. The Morgan fingerprint density at radius 3 is 3.00 bits per heavy atom. The molecule has 0 amide bonds. The second-order valence-electron chi connectivity index (χ2n) is 4.30. The Labute approximate surface area is 97.9 Å². The number of hydrogen-bond donors (Lipinski definition) is 0. The molecule has 0 aromatic rings. The zero-order valence-electron chi connectivity index (χ0n) is 10.2. The van der Waals surface area contributed by atoms with Gasteiger partial charge in [0.25, 0.3) is 0 Å². The van der Waals surface area contributed by atoms with E-state index in [-0.39, 0.29) is 5.92 Å². The topological polar surface area (TPSA) is 38.8 Å². The molecule has 0 spiro atoms. The van der Waals surface area contributed by atoms with E-state index in [0.29, 0.717) is 0 Å². The number of hydrogen-bond acceptors (Lipinski definition) is 4. The first-order valence-electron chi connectivity index (χ1n) is 6.11. The summed E-state index contributed by atoms with van der Waals surface area (Å²) in [5.41, 5.74) is 0. The molecule has 94 valence electrons. The molecule has 4 heteroatoms. The molecule has 0 radical (unpaired) electrons. The number of carbonyl (C=O) groups is 1. The summed E-state index contributed by atoms with van der Waals surface area (Å²) < 4.78 is 10.4. The van der Waals surface area contributed by atoms with Crippen LogP contribution in [0.15, 0.2) is 0 Å². The van der Waals surface area contributed by atoms with Crippen LogP contribution in [0.3, 0.4) is 0 Å². The first-order valence-corrected chi connectivity index (χ1v) is 6.11. The van der Waals surface area contributed by atoms with Crippen LogP contribution >= 0.6 is 0 Å². The first kappa shape index (κ1) is 13.6. The number of likely N-dealkylation sites (tertiary alicyclic amines) is 1. The van der Waals surface area contributed by atoms with E-state index in [4.69, 9.17) is 9.47 Å². The molecule has 1 aliphatic heterocycles. The molecule has 0 N–H and O–H groups in total. The summed E-state index contributed by atoms with van der Waals surface area (Å²) in [7, 11) is 1.70. The summed E-state index contributed by atoms with van der Waals surface area (Å²) in [6.45, 7) is 5.24. The fraction of sp³-hybridized carbons (Fsp3) is 0.917. The molecular formula is C12H23NO3. The normalized spacial score (nSPS) is 22.2. The third kappa shape index (κ3) is 5.58. The van der Waals surface area contributed by atoms with Crippen molar-refractivity contribution >= 4 is 6.29 Å². The van der Waals surface area contributed by atoms with Gasteiger partial charge in [-0.05, 0) is 25.8 Å². The van der Waals surface area contributed by atoms with E-state index in [0.717, 1.165) is 65.0 Å². The van der Waals surface area contributed by atoms with Crippen molar-refractivity contribution in [2.45, 2.75) is 19.3 Å². The zero-order chi connectivity index (χ0) is 11.6. The van der Waals surface area contributed by atoms with Gasteiger partial charge in [0.15, 0.2) is 0 Å². The predicted octanol–water partition coefficient (Wildman–Crippen LogP) is 0.950. The highest BCUT2D eigenvalue weighted by atomic mass is 16.5. The van der Waals surface area contributed by atoms with Gasteiger partial charge in [0, 0.05) is 39.3 Å². The van der Waals surface area contributed by atoms with Crippen molar-refractivity contribution in [1.29, 1.82) is 0 Å². The van der Waals surface area contributed by atoms with Crippen LogP contribution in [0.25, 0.3) is 0 Å². The molecule has 1 rings (SSSR count). The maximum atomic E-state index is 10.7. The summed E-state index contributed by atoms with van der Waals surface area (Å²) >= 11 is 0. The van der Waals surface area contributed by atoms with E-state index in [1.807, 2.05) is 0 Å². The third-order valence-electron chi connectivity index (χ3n) is 2.92. The summed E-state index contributed by atoms with van der Waals surface area (Å²) in [6, 6.07) is 0. The van der Waals surface area contributed by atoms with E-state index in [9.17, 15) is 4.79 Å². The van der Waals surface area contributed by atoms with Crippen LogP contribution in [0.4, 0.5) is 0 Å². The molecule has 1 aliphatic rings. The van der Waals surface area contributed by atoms with E-state index in [1.54, 1.807) is 7.11 Å². The molecule has 1 fully saturated rings. The van der Waals surface area contributed by atoms with E-state index < -0.39 is 0 Å². The van der Waals surface area contributed by atoms with Crippen LogP contribution in [-0.2, 0) is 14.3 Å². The second kappa shape index (κ2) is 8.67. The van der Waals surface area contributed by atoms with Crippen LogP contribution in [0.5, 0.6) is 0 Å². The Morgan fingerprint density at radius 1 is 1.38 bits per heavy atom. The number of carbonyl (C=O) groups excluding carboxylic acids is 1. The first-order chi connectivity index (χ1) is 7.86. The Morgan fingerprint density at radius 2 is 2.25 bits per heavy atom. The fourth-order valence-corrected chi connectivity index (χ4v) is 2.01. The smallest absolute Gasteiger partial charge is 0.124 e. The van der Waals surface area contributed by atoms with Crippen molar-refractivity contribution in [3.05, 3.63) is 0 Å². The average molecular weight is 229 g/mol. The van der Waals surface area contributed by atoms with Gasteiger partial charge in [-0.1, -0.05) is 0 Å². The van der Waals surface area contributed by atoms with Crippen molar-refractivity contribution < 1.29 is 14.3 Å². The number of nitrogens with zero attached hydrogens (tertiary/aromatic N) is 1. The SMILES string of the molecule is COCCCOCCN1CCCC(C=O)C1. The third-order valence-corrected chi connectivity index (χ3v) is 2.92. The molecule has 0 aliphatic carbocycles. The lowest BCUT2D eigenvalue weighted by atomic mass is 10.00. The van der Waals surface area contributed by atoms with Crippen molar-refractivity contribution in [2.24, 2.45) is 5.92 Å². The molecule has 1 atom stereocenters. The van der Waals surface area contributed by atoms with E-state index >= 15 is 0 Å². The summed E-state index contributed by atoms with van der Waals surface area (Å²) in [5, 5.41) is 0. The maximum Gasteiger partial charge on any atom is 0.124 e. The van der Waals surface area contributed by atoms with Crippen molar-refractivity contribution in [2.75, 3.05) is 46.6 Å². The Hall–Kier alpha value is -0.450. The van der Waals surface area contributed by atoms with Gasteiger partial charge in [0.2, 0.25) is 0 Å². The lowest BCUT2D eigenvalue weighted by Gasteiger charge is -2.29. The van der Waals surface area contributed by atoms with Crippen LogP contribution < -0.4 is 0 Å². The molecular weight excluding hydrogens is 206 g/mol. The molecule has 0 bridgehead atoms. The Balaban J connectivity index is 1.97. The largest absolute Gasteiger partial charge is 0.385 e. The second-order valence-corrected chi connectivity index (χ2v) is 4.30. The number of methoxy groups -OCH3 is 1. The van der Waals surface area contributed by atoms with Crippen LogP contribution in [0, 0.1) is 5.92 Å². The highest BCUT2D eigenvalue weighted by molar-refractivity contribution is 5.53. The quantitative estimate of drug-likeness (QED) is 0.459. The fourth-order valence-electron chi connectivity index (χ4n) is 2.01. The maximum absolute atomic E-state index is 10.7. The lowest BCUT2D eigenvalue weighted by molar-refractivity contribution is -0.112. The molecule has 1 saturated heterocycles. The Bertz CT molecular complexity index is 187. The van der Waals surface area contributed by atoms with Crippen LogP contribution in [0.2, 0.25) is 0 Å². The van der Waals surface area contributed by atoms with Crippen LogP contribution in [0.1, 0.15) is 19.3 Å². The van der Waals surface area contributed by atoms with Gasteiger partial charge in [-0.3, -0.25) is 0 Å². The minimum absolute atomic E-state index is 0.238. The minimum atomic E-state index is 0.238. The van der Waals surface area contributed by atoms with Gasteiger partial charge in [-0.15, -0.1) is 0 Å². The molecule has 16 heavy (non-hydrogen) atoms. The minimum Gasteiger partial charge on any atom is -0.385 e. The highest BCUT2D eigenvalue weighted by Crippen LogP contribution is 2.13. The van der Waals surface area contributed by atoms with E-state index in [1.165, 1.54) is 0 Å². The molecule has 4 nitrogen and oxygen atoms in total. The predicted molar refractivity (Wildman–Crippen MR) is 62.5 cm³/mol. The van der Waals surface area contributed by atoms with Crippen molar-refractivity contribution in [1.82, 2.24) is 4.90 Å². The van der Waals surface area contributed by atoms with E-state index in [2.05, 4.69) is 4.90 Å². The Kier molecular flexibility index (Phi) is 7.38. The van der Waals surface area contributed by atoms with Crippen molar-refractivity contribution in [3.8, 4) is 0 Å². The lowest BCUT2D eigenvalue weighted by Crippen LogP contribution is -2.38. The van der Waals surface area contributed by atoms with Gasteiger partial charge >= 0.3 is 0 Å². The number of rotatable bonds is 8. The zero-order valence-corrected chi connectivity index (χ0v) is 10.2. The summed E-state index contributed by atoms with van der Waals surface area (Å²) in [5.74, 6) is 0.238. The van der Waals surface area contributed by atoms with Gasteiger partial charge < -0.3 is 19.2 Å². The van der Waals surface area contributed by atoms with Gasteiger partial charge in [0.05, 0.1) is 6.61 Å². The number of piperidine rings is 1. The molecule has 0 saturated carbocycles. The van der Waals surface area contributed by atoms with Gasteiger partial charge in [0.1, 0.15) is 6.29 Å². The van der Waals surface area contributed by atoms with Crippen LogP contribution in [-0.4, -0.2) is 57.8 Å². The molecule has 0 aromatic heterocycles. The molecule has 1 unspecified atom stereocenters. The molecule has 0 aromatic carbocycles. The number of aldehydes is 1. The summed E-state index contributed by atoms with van der Waals surface area (Å²) in [6.07, 6.45) is 4.22. The molecule has 1 heterocycles. The monoisotopic (exact) mass is 229 g/mol. The van der Waals surface area contributed by atoms with Crippen molar-refractivity contribution in [3.63, 3.8) is 0 Å². The highest BCUT2D eigenvalue weighted by Gasteiger charge is 2.18. The number of ether oxygens (including phenoxy) is 2. The average Bonchev–Trinajstić information content (AvgIpc) is 2.34.